The lowest BCUT2D eigenvalue weighted by atomic mass is 10.1. The van der Waals surface area contributed by atoms with Crippen LogP contribution in [-0.4, -0.2) is 16.5 Å². The normalized spacial score (nSPS) is 17.3. The number of hydrogen-bond donors (Lipinski definition) is 2. The van der Waals surface area contributed by atoms with Gasteiger partial charge in [-0.3, -0.25) is 0 Å². The molecule has 2 atom stereocenters. The van der Waals surface area contributed by atoms with E-state index in [-0.39, 0.29) is 6.10 Å². The highest BCUT2D eigenvalue weighted by Gasteiger charge is 2.01. The third kappa shape index (κ3) is 6.19. The van der Waals surface area contributed by atoms with Gasteiger partial charge in [0.25, 0.3) is 0 Å². The number of hydrogen-bond acceptors (Lipinski definition) is 2. The molecule has 2 heteroatoms. The Morgan fingerprint density at radius 1 is 1.44 bits per heavy atom. The van der Waals surface area contributed by atoms with Crippen molar-refractivity contribution >= 4 is 12.6 Å². The maximum atomic E-state index is 9.07. The fraction of sp³-hybridized carbons (Fsp3) is 1.00. The average molecular weight is 148 g/mol. The average Bonchev–Trinajstić information content (AvgIpc) is 1.83. The molecule has 56 valence electrons. The molecule has 0 aromatic carbocycles. The minimum absolute atomic E-state index is 0.111. The third-order valence-electron chi connectivity index (χ3n) is 1.39. The van der Waals surface area contributed by atoms with Crippen molar-refractivity contribution in [1.29, 1.82) is 0 Å². The van der Waals surface area contributed by atoms with Gasteiger partial charge in [-0.2, -0.15) is 12.6 Å². The SMILES string of the molecule is CCC(O)CCC(C)S. The van der Waals surface area contributed by atoms with Crippen LogP contribution in [0.3, 0.4) is 0 Å². The third-order valence-corrected chi connectivity index (χ3v) is 1.65. The Bertz CT molecular complexity index is 63.9. The second-order valence-electron chi connectivity index (χ2n) is 2.49. The monoisotopic (exact) mass is 148 g/mol. The zero-order chi connectivity index (χ0) is 7.28. The quantitative estimate of drug-likeness (QED) is 0.583. The van der Waals surface area contributed by atoms with Gasteiger partial charge < -0.3 is 5.11 Å². The summed E-state index contributed by atoms with van der Waals surface area (Å²) in [5.74, 6) is 0. The number of aliphatic hydroxyl groups is 1. The van der Waals surface area contributed by atoms with Gasteiger partial charge in [0.15, 0.2) is 0 Å². The van der Waals surface area contributed by atoms with Crippen LogP contribution in [0.25, 0.3) is 0 Å². The van der Waals surface area contributed by atoms with Crippen LogP contribution in [0.1, 0.15) is 33.1 Å². The van der Waals surface area contributed by atoms with Gasteiger partial charge in [-0.05, 0) is 24.5 Å². The molecule has 0 amide bonds. The molecule has 0 spiro atoms. The molecule has 0 heterocycles. The van der Waals surface area contributed by atoms with E-state index in [4.69, 9.17) is 5.11 Å². The van der Waals surface area contributed by atoms with Crippen LogP contribution in [0, 0.1) is 0 Å². The van der Waals surface area contributed by atoms with E-state index in [0.717, 1.165) is 19.3 Å². The molecule has 0 fully saturated rings. The van der Waals surface area contributed by atoms with Gasteiger partial charge in [0.2, 0.25) is 0 Å². The van der Waals surface area contributed by atoms with Crippen molar-refractivity contribution in [3.8, 4) is 0 Å². The summed E-state index contributed by atoms with van der Waals surface area (Å²) in [4.78, 5) is 0. The van der Waals surface area contributed by atoms with Crippen LogP contribution in [0.4, 0.5) is 0 Å². The fourth-order valence-electron chi connectivity index (χ4n) is 0.638. The standard InChI is InChI=1S/C7H16OS/c1-3-7(8)5-4-6(2)9/h6-9H,3-5H2,1-2H3. The van der Waals surface area contributed by atoms with E-state index in [1.54, 1.807) is 0 Å². The van der Waals surface area contributed by atoms with Gasteiger partial charge in [0.1, 0.15) is 0 Å². The molecule has 1 N–H and O–H groups in total. The first-order chi connectivity index (χ1) is 4.16. The molecule has 0 aromatic heterocycles. The lowest BCUT2D eigenvalue weighted by molar-refractivity contribution is 0.158. The van der Waals surface area contributed by atoms with Crippen molar-refractivity contribution in [1.82, 2.24) is 0 Å². The number of thiol groups is 1. The van der Waals surface area contributed by atoms with Crippen LogP contribution in [-0.2, 0) is 0 Å². The fourth-order valence-corrected chi connectivity index (χ4v) is 0.787. The molecule has 0 radical (unpaired) electrons. The van der Waals surface area contributed by atoms with Crippen LogP contribution in [0.2, 0.25) is 0 Å². The molecule has 0 aliphatic carbocycles. The molecule has 0 rings (SSSR count). The summed E-state index contributed by atoms with van der Waals surface area (Å²) in [6.45, 7) is 4.04. The molecule has 9 heavy (non-hydrogen) atoms. The predicted molar refractivity (Wildman–Crippen MR) is 44.0 cm³/mol. The van der Waals surface area contributed by atoms with Crippen molar-refractivity contribution in [2.75, 3.05) is 0 Å². The summed E-state index contributed by atoms with van der Waals surface area (Å²) in [6, 6.07) is 0. The smallest absolute Gasteiger partial charge is 0.0538 e. The van der Waals surface area contributed by atoms with Gasteiger partial charge in [0.05, 0.1) is 6.10 Å². The molecule has 0 aromatic rings. The number of aliphatic hydroxyl groups excluding tert-OH is 1. The molecule has 1 nitrogen and oxygen atoms in total. The Kier molecular flexibility index (Phi) is 5.30. The van der Waals surface area contributed by atoms with Crippen molar-refractivity contribution in [2.45, 2.75) is 44.5 Å². The summed E-state index contributed by atoms with van der Waals surface area (Å²) in [5.41, 5.74) is 0. The van der Waals surface area contributed by atoms with E-state index in [9.17, 15) is 0 Å². The Morgan fingerprint density at radius 3 is 2.33 bits per heavy atom. The van der Waals surface area contributed by atoms with Gasteiger partial charge in [0, 0.05) is 0 Å². The zero-order valence-corrected chi connectivity index (χ0v) is 7.06. The Hall–Kier alpha value is 0.310. The van der Waals surface area contributed by atoms with E-state index in [1.165, 1.54) is 0 Å². The Morgan fingerprint density at radius 2 is 2.00 bits per heavy atom. The highest BCUT2D eigenvalue weighted by atomic mass is 32.1. The van der Waals surface area contributed by atoms with Crippen molar-refractivity contribution in [2.24, 2.45) is 0 Å². The maximum absolute atomic E-state index is 9.07. The zero-order valence-electron chi connectivity index (χ0n) is 6.17. The largest absolute Gasteiger partial charge is 0.393 e. The van der Waals surface area contributed by atoms with Crippen LogP contribution in [0.5, 0.6) is 0 Å². The van der Waals surface area contributed by atoms with E-state index in [0.29, 0.717) is 5.25 Å². The Balaban J connectivity index is 3.06. The van der Waals surface area contributed by atoms with E-state index < -0.39 is 0 Å². The molecule has 0 bridgehead atoms. The summed E-state index contributed by atoms with van der Waals surface area (Å²) in [6.07, 6.45) is 2.65. The molecule has 2 unspecified atom stereocenters. The van der Waals surface area contributed by atoms with Gasteiger partial charge >= 0.3 is 0 Å². The molecule has 0 aliphatic heterocycles. The summed E-state index contributed by atoms with van der Waals surface area (Å²) in [7, 11) is 0. The first-order valence-corrected chi connectivity index (χ1v) is 4.04. The van der Waals surface area contributed by atoms with Crippen molar-refractivity contribution < 1.29 is 5.11 Å². The summed E-state index contributed by atoms with van der Waals surface area (Å²) in [5, 5.41) is 9.50. The first kappa shape index (κ1) is 9.31. The van der Waals surface area contributed by atoms with Crippen LogP contribution in [0.15, 0.2) is 0 Å². The predicted octanol–water partition coefficient (Wildman–Crippen LogP) is 1.86. The van der Waals surface area contributed by atoms with E-state index >= 15 is 0 Å². The van der Waals surface area contributed by atoms with Gasteiger partial charge in [-0.1, -0.05) is 13.8 Å². The molecule has 0 saturated carbocycles. The summed E-state index contributed by atoms with van der Waals surface area (Å²) >= 11 is 4.20. The lowest BCUT2D eigenvalue weighted by Gasteiger charge is -2.07. The molecular weight excluding hydrogens is 132 g/mol. The minimum Gasteiger partial charge on any atom is -0.393 e. The lowest BCUT2D eigenvalue weighted by Crippen LogP contribution is -2.06. The highest BCUT2D eigenvalue weighted by molar-refractivity contribution is 7.80. The van der Waals surface area contributed by atoms with Crippen molar-refractivity contribution in [3.05, 3.63) is 0 Å². The van der Waals surface area contributed by atoms with Crippen molar-refractivity contribution in [3.63, 3.8) is 0 Å². The molecular formula is C7H16OS. The highest BCUT2D eigenvalue weighted by Crippen LogP contribution is 2.07. The van der Waals surface area contributed by atoms with Crippen LogP contribution < -0.4 is 0 Å². The number of rotatable bonds is 4. The Labute approximate surface area is 62.9 Å². The topological polar surface area (TPSA) is 20.2 Å². The second-order valence-corrected chi connectivity index (χ2v) is 3.37. The molecule has 0 saturated heterocycles. The molecule has 0 aliphatic rings. The van der Waals surface area contributed by atoms with E-state index in [2.05, 4.69) is 12.6 Å². The summed E-state index contributed by atoms with van der Waals surface area (Å²) < 4.78 is 0. The van der Waals surface area contributed by atoms with E-state index in [1.807, 2.05) is 13.8 Å². The first-order valence-electron chi connectivity index (χ1n) is 3.53. The van der Waals surface area contributed by atoms with Gasteiger partial charge in [-0.15, -0.1) is 0 Å². The van der Waals surface area contributed by atoms with Crippen LogP contribution >= 0.6 is 12.6 Å². The maximum Gasteiger partial charge on any atom is 0.0538 e. The van der Waals surface area contributed by atoms with Gasteiger partial charge in [-0.25, -0.2) is 0 Å². The minimum atomic E-state index is -0.111. The second kappa shape index (κ2) is 5.12.